The number of aryl methyl sites for hydroxylation is 1. The first-order valence-electron chi connectivity index (χ1n) is 8.90. The van der Waals surface area contributed by atoms with E-state index in [1.165, 1.54) is 11.8 Å². The lowest BCUT2D eigenvalue weighted by Crippen LogP contribution is -2.13. The van der Waals surface area contributed by atoms with Crippen molar-refractivity contribution in [3.63, 3.8) is 0 Å². The fraction of sp³-hybridized carbons (Fsp3) is 0.0870. The van der Waals surface area contributed by atoms with Gasteiger partial charge in [-0.15, -0.1) is 11.3 Å². The van der Waals surface area contributed by atoms with Crippen LogP contribution in [0.4, 0.5) is 5.69 Å². The van der Waals surface area contributed by atoms with Gasteiger partial charge in [-0.1, -0.05) is 18.2 Å². The Morgan fingerprint density at radius 2 is 1.71 bits per heavy atom. The van der Waals surface area contributed by atoms with Crippen molar-refractivity contribution in [1.82, 2.24) is 4.98 Å². The van der Waals surface area contributed by atoms with Crippen molar-refractivity contribution in [1.29, 1.82) is 0 Å². The Morgan fingerprint density at radius 3 is 2.39 bits per heavy atom. The summed E-state index contributed by atoms with van der Waals surface area (Å²) in [5, 5.41) is 3.73. The standard InChI is InChI=1S/C23H18N2O2S/c1-14-7-12-22(28-14)21-13-19(18-5-3-4-6-20(18)25-21)23(27)24-17-10-8-16(9-11-17)15(2)26/h3-13H,1-2H3,(H,24,27). The minimum atomic E-state index is -0.205. The van der Waals surface area contributed by atoms with Crippen molar-refractivity contribution in [2.45, 2.75) is 13.8 Å². The predicted octanol–water partition coefficient (Wildman–Crippen LogP) is 5.73. The molecule has 2 aromatic heterocycles. The minimum absolute atomic E-state index is 0.00566. The van der Waals surface area contributed by atoms with Gasteiger partial charge in [0.15, 0.2) is 5.78 Å². The van der Waals surface area contributed by atoms with Gasteiger partial charge in [-0.05, 0) is 62.4 Å². The summed E-state index contributed by atoms with van der Waals surface area (Å²) in [6, 6.07) is 20.4. The molecular formula is C23H18N2O2S. The average Bonchev–Trinajstić information content (AvgIpc) is 3.14. The Balaban J connectivity index is 1.73. The fourth-order valence-corrected chi connectivity index (χ4v) is 3.88. The Labute approximate surface area is 166 Å². The Morgan fingerprint density at radius 1 is 0.964 bits per heavy atom. The summed E-state index contributed by atoms with van der Waals surface area (Å²) in [4.78, 5) is 31.4. The number of Topliss-reactive ketones (excluding diaryl/α,β-unsaturated/α-hetero) is 1. The molecule has 28 heavy (non-hydrogen) atoms. The van der Waals surface area contributed by atoms with Crippen LogP contribution in [0.15, 0.2) is 66.7 Å². The topological polar surface area (TPSA) is 59.1 Å². The number of amides is 1. The molecule has 138 valence electrons. The van der Waals surface area contributed by atoms with E-state index < -0.39 is 0 Å². The Hall–Kier alpha value is -3.31. The highest BCUT2D eigenvalue weighted by Gasteiger charge is 2.15. The lowest BCUT2D eigenvalue weighted by molar-refractivity contribution is 0.101. The van der Waals surface area contributed by atoms with Gasteiger partial charge in [0.25, 0.3) is 5.91 Å². The number of nitrogens with zero attached hydrogens (tertiary/aromatic N) is 1. The van der Waals surface area contributed by atoms with E-state index in [0.29, 0.717) is 16.8 Å². The summed E-state index contributed by atoms with van der Waals surface area (Å²) in [6.07, 6.45) is 0. The van der Waals surface area contributed by atoms with Crippen molar-refractivity contribution < 1.29 is 9.59 Å². The number of anilines is 1. The van der Waals surface area contributed by atoms with Gasteiger partial charge in [0.2, 0.25) is 0 Å². The molecule has 2 heterocycles. The number of carbonyl (C=O) groups is 2. The van der Waals surface area contributed by atoms with Crippen LogP contribution >= 0.6 is 11.3 Å². The van der Waals surface area contributed by atoms with E-state index in [4.69, 9.17) is 4.98 Å². The second-order valence-electron chi connectivity index (χ2n) is 6.57. The third kappa shape index (κ3) is 3.57. The van der Waals surface area contributed by atoms with Crippen LogP contribution in [0, 0.1) is 6.92 Å². The molecule has 0 saturated carbocycles. The summed E-state index contributed by atoms with van der Waals surface area (Å²) in [6.45, 7) is 3.57. The number of para-hydroxylation sites is 1. The van der Waals surface area contributed by atoms with Gasteiger partial charge in [-0.2, -0.15) is 0 Å². The highest BCUT2D eigenvalue weighted by atomic mass is 32.1. The molecule has 4 aromatic rings. The monoisotopic (exact) mass is 386 g/mol. The van der Waals surface area contributed by atoms with Crippen LogP contribution in [-0.2, 0) is 0 Å². The van der Waals surface area contributed by atoms with Gasteiger partial charge in [0, 0.05) is 21.5 Å². The van der Waals surface area contributed by atoms with Crippen molar-refractivity contribution in [3.05, 3.63) is 82.7 Å². The molecule has 0 aliphatic heterocycles. The van der Waals surface area contributed by atoms with E-state index in [9.17, 15) is 9.59 Å². The molecule has 1 N–H and O–H groups in total. The van der Waals surface area contributed by atoms with Crippen molar-refractivity contribution in [2.75, 3.05) is 5.32 Å². The number of hydrogen-bond acceptors (Lipinski definition) is 4. The summed E-state index contributed by atoms with van der Waals surface area (Å²) < 4.78 is 0. The van der Waals surface area contributed by atoms with Crippen LogP contribution in [-0.4, -0.2) is 16.7 Å². The van der Waals surface area contributed by atoms with Crippen molar-refractivity contribution >= 4 is 39.6 Å². The molecule has 0 bridgehead atoms. The van der Waals surface area contributed by atoms with Crippen LogP contribution in [0.5, 0.6) is 0 Å². The molecule has 1 amide bonds. The van der Waals surface area contributed by atoms with E-state index in [0.717, 1.165) is 21.5 Å². The smallest absolute Gasteiger partial charge is 0.256 e. The van der Waals surface area contributed by atoms with Gasteiger partial charge >= 0.3 is 0 Å². The fourth-order valence-electron chi connectivity index (χ4n) is 3.05. The van der Waals surface area contributed by atoms with E-state index >= 15 is 0 Å². The number of ketones is 1. The third-order valence-electron chi connectivity index (χ3n) is 4.50. The molecule has 0 aliphatic rings. The first-order valence-corrected chi connectivity index (χ1v) is 9.72. The number of fused-ring (bicyclic) bond motifs is 1. The third-order valence-corrected chi connectivity index (χ3v) is 5.53. The van der Waals surface area contributed by atoms with Gasteiger partial charge in [-0.25, -0.2) is 4.98 Å². The first kappa shape index (κ1) is 18.1. The van der Waals surface area contributed by atoms with Crippen LogP contribution in [0.1, 0.15) is 32.5 Å². The number of thiophene rings is 1. The van der Waals surface area contributed by atoms with Crippen LogP contribution < -0.4 is 5.32 Å². The summed E-state index contributed by atoms with van der Waals surface area (Å²) in [5.74, 6) is -0.211. The largest absolute Gasteiger partial charge is 0.322 e. The maximum absolute atomic E-state index is 13.0. The predicted molar refractivity (Wildman–Crippen MR) is 114 cm³/mol. The van der Waals surface area contributed by atoms with Gasteiger partial charge in [0.1, 0.15) is 0 Å². The van der Waals surface area contributed by atoms with Crippen LogP contribution in [0.2, 0.25) is 0 Å². The van der Waals surface area contributed by atoms with Crippen LogP contribution in [0.25, 0.3) is 21.5 Å². The SMILES string of the molecule is CC(=O)c1ccc(NC(=O)c2cc(-c3ccc(C)s3)nc3ccccc23)cc1. The molecule has 4 rings (SSSR count). The Kier molecular flexibility index (Phi) is 4.75. The number of carbonyl (C=O) groups excluding carboxylic acids is 2. The molecular weight excluding hydrogens is 368 g/mol. The highest BCUT2D eigenvalue weighted by Crippen LogP contribution is 2.30. The molecule has 0 unspecified atom stereocenters. The number of nitrogens with one attached hydrogen (secondary N) is 1. The molecule has 0 saturated heterocycles. The molecule has 0 aliphatic carbocycles. The maximum atomic E-state index is 13.0. The van der Waals surface area contributed by atoms with Gasteiger partial charge < -0.3 is 5.32 Å². The van der Waals surface area contributed by atoms with E-state index in [1.807, 2.05) is 49.4 Å². The van der Waals surface area contributed by atoms with Gasteiger partial charge in [-0.3, -0.25) is 9.59 Å². The number of benzene rings is 2. The lowest BCUT2D eigenvalue weighted by atomic mass is 10.1. The highest BCUT2D eigenvalue weighted by molar-refractivity contribution is 7.15. The summed E-state index contributed by atoms with van der Waals surface area (Å²) >= 11 is 1.65. The second-order valence-corrected chi connectivity index (χ2v) is 7.86. The average molecular weight is 386 g/mol. The van der Waals surface area contributed by atoms with E-state index in [1.54, 1.807) is 35.6 Å². The molecule has 5 heteroatoms. The second kappa shape index (κ2) is 7.37. The first-order chi connectivity index (χ1) is 13.5. The normalized spacial score (nSPS) is 10.8. The molecule has 0 atom stereocenters. The maximum Gasteiger partial charge on any atom is 0.256 e. The number of pyridine rings is 1. The number of hydrogen-bond donors (Lipinski definition) is 1. The van der Waals surface area contributed by atoms with Crippen LogP contribution in [0.3, 0.4) is 0 Å². The number of aromatic nitrogens is 1. The molecule has 0 radical (unpaired) electrons. The van der Waals surface area contributed by atoms with E-state index in [2.05, 4.69) is 5.32 Å². The zero-order chi connectivity index (χ0) is 19.7. The summed E-state index contributed by atoms with van der Waals surface area (Å²) in [5.41, 5.74) is 3.39. The molecule has 0 fully saturated rings. The zero-order valence-corrected chi connectivity index (χ0v) is 16.3. The summed E-state index contributed by atoms with van der Waals surface area (Å²) in [7, 11) is 0. The molecule has 4 nitrogen and oxygen atoms in total. The minimum Gasteiger partial charge on any atom is -0.322 e. The Bertz CT molecular complexity index is 1190. The van der Waals surface area contributed by atoms with E-state index in [-0.39, 0.29) is 11.7 Å². The lowest BCUT2D eigenvalue weighted by Gasteiger charge is -2.10. The van der Waals surface area contributed by atoms with Crippen molar-refractivity contribution in [2.24, 2.45) is 0 Å². The van der Waals surface area contributed by atoms with Gasteiger partial charge in [0.05, 0.1) is 21.7 Å². The quantitative estimate of drug-likeness (QED) is 0.456. The molecule has 0 spiro atoms. The van der Waals surface area contributed by atoms with Crippen molar-refractivity contribution in [3.8, 4) is 10.6 Å². The number of rotatable bonds is 4. The molecule has 2 aromatic carbocycles. The zero-order valence-electron chi connectivity index (χ0n) is 15.5.